The summed E-state index contributed by atoms with van der Waals surface area (Å²) in [6.07, 6.45) is 0. The van der Waals surface area contributed by atoms with E-state index in [1.165, 1.54) is 24.1 Å². The van der Waals surface area contributed by atoms with E-state index in [0.29, 0.717) is 21.9 Å². The predicted molar refractivity (Wildman–Crippen MR) is 91.6 cm³/mol. The summed E-state index contributed by atoms with van der Waals surface area (Å²) in [5.41, 5.74) is 0.992. The maximum absolute atomic E-state index is 12.8. The summed E-state index contributed by atoms with van der Waals surface area (Å²) in [4.78, 5) is 24.7. The molecular formula is C17H17ClN2O4. The quantitative estimate of drug-likeness (QED) is 0.602. The second-order valence-corrected chi connectivity index (χ2v) is 5.73. The Balaban J connectivity index is 2.32. The van der Waals surface area contributed by atoms with Crippen LogP contribution >= 0.6 is 11.6 Å². The number of rotatable bonds is 5. The topological polar surface area (TPSA) is 72.7 Å². The van der Waals surface area contributed by atoms with Gasteiger partial charge in [-0.2, -0.15) is 0 Å². The molecule has 6 nitrogen and oxygen atoms in total. The molecule has 2 aromatic rings. The van der Waals surface area contributed by atoms with Crippen LogP contribution in [0.15, 0.2) is 42.5 Å². The van der Waals surface area contributed by atoms with Crippen molar-refractivity contribution >= 4 is 23.2 Å². The summed E-state index contributed by atoms with van der Waals surface area (Å²) in [5, 5.41) is 11.3. The fourth-order valence-electron chi connectivity index (χ4n) is 2.34. The van der Waals surface area contributed by atoms with Gasteiger partial charge in [0.1, 0.15) is 5.75 Å². The molecule has 0 aliphatic rings. The Morgan fingerprint density at radius 1 is 1.29 bits per heavy atom. The minimum absolute atomic E-state index is 0.0134. The number of ether oxygens (including phenoxy) is 1. The largest absolute Gasteiger partial charge is 0.496 e. The highest BCUT2D eigenvalue weighted by molar-refractivity contribution is 6.31. The van der Waals surface area contributed by atoms with Crippen molar-refractivity contribution < 1.29 is 14.5 Å². The monoisotopic (exact) mass is 348 g/mol. The number of carbonyl (C=O) groups is 1. The highest BCUT2D eigenvalue weighted by Gasteiger charge is 2.23. The van der Waals surface area contributed by atoms with Gasteiger partial charge in [-0.25, -0.2) is 0 Å². The van der Waals surface area contributed by atoms with Gasteiger partial charge in [-0.05, 0) is 30.7 Å². The van der Waals surface area contributed by atoms with E-state index in [9.17, 15) is 14.9 Å². The molecule has 1 amide bonds. The van der Waals surface area contributed by atoms with Crippen LogP contribution < -0.4 is 4.74 Å². The Morgan fingerprint density at radius 3 is 2.62 bits per heavy atom. The highest BCUT2D eigenvalue weighted by Crippen LogP contribution is 2.28. The number of hydrogen-bond donors (Lipinski definition) is 0. The molecular weight excluding hydrogens is 332 g/mol. The zero-order valence-electron chi connectivity index (χ0n) is 13.5. The second kappa shape index (κ2) is 7.31. The van der Waals surface area contributed by atoms with E-state index in [0.717, 1.165) is 0 Å². The number of nitrogens with zero attached hydrogens (tertiary/aromatic N) is 2. The van der Waals surface area contributed by atoms with Crippen molar-refractivity contribution in [3.05, 3.63) is 68.7 Å². The lowest BCUT2D eigenvalue weighted by molar-refractivity contribution is -0.384. The van der Waals surface area contributed by atoms with Crippen LogP contribution in [0.3, 0.4) is 0 Å². The van der Waals surface area contributed by atoms with E-state index in [4.69, 9.17) is 16.3 Å². The van der Waals surface area contributed by atoms with Crippen LogP contribution in [-0.2, 0) is 0 Å². The molecule has 0 saturated carbocycles. The third-order valence-electron chi connectivity index (χ3n) is 3.86. The number of hydrogen-bond acceptors (Lipinski definition) is 4. The summed E-state index contributed by atoms with van der Waals surface area (Å²) in [6, 6.07) is 10.7. The van der Waals surface area contributed by atoms with Gasteiger partial charge in [0.05, 0.1) is 23.6 Å². The average molecular weight is 349 g/mol. The molecule has 0 heterocycles. The molecule has 1 unspecified atom stereocenters. The van der Waals surface area contributed by atoms with Crippen LogP contribution in [0.1, 0.15) is 28.9 Å². The number of carbonyl (C=O) groups excluding carboxylic acids is 1. The van der Waals surface area contributed by atoms with Crippen molar-refractivity contribution in [2.45, 2.75) is 13.0 Å². The third-order valence-corrected chi connectivity index (χ3v) is 4.09. The first-order valence-electron chi connectivity index (χ1n) is 7.20. The minimum Gasteiger partial charge on any atom is -0.496 e. The second-order valence-electron chi connectivity index (χ2n) is 5.29. The van der Waals surface area contributed by atoms with Crippen molar-refractivity contribution in [2.24, 2.45) is 0 Å². The Morgan fingerprint density at radius 2 is 2.00 bits per heavy atom. The molecule has 0 fully saturated rings. The maximum atomic E-state index is 12.8. The summed E-state index contributed by atoms with van der Waals surface area (Å²) < 4.78 is 5.21. The first kappa shape index (κ1) is 17.7. The lowest BCUT2D eigenvalue weighted by Crippen LogP contribution is -2.30. The molecule has 0 spiro atoms. The number of amides is 1. The molecule has 0 aliphatic carbocycles. The smallest absolute Gasteiger partial charge is 0.269 e. The van der Waals surface area contributed by atoms with Crippen molar-refractivity contribution in [3.63, 3.8) is 0 Å². The predicted octanol–water partition coefficient (Wildman–Crippen LogP) is 4.09. The molecule has 126 valence electrons. The molecule has 0 bridgehead atoms. The van der Waals surface area contributed by atoms with E-state index < -0.39 is 4.92 Å². The lowest BCUT2D eigenvalue weighted by atomic mass is 10.1. The molecule has 1 atom stereocenters. The molecule has 0 aliphatic heterocycles. The number of methoxy groups -OCH3 is 1. The molecule has 0 saturated heterocycles. The Bertz CT molecular complexity index is 779. The van der Waals surface area contributed by atoms with Crippen LogP contribution in [0.25, 0.3) is 0 Å². The van der Waals surface area contributed by atoms with Gasteiger partial charge in [0, 0.05) is 24.2 Å². The van der Waals surface area contributed by atoms with Crippen LogP contribution in [0.2, 0.25) is 5.02 Å². The van der Waals surface area contributed by atoms with Gasteiger partial charge in [0.2, 0.25) is 0 Å². The van der Waals surface area contributed by atoms with Gasteiger partial charge < -0.3 is 9.64 Å². The number of benzene rings is 2. The number of nitro benzene ring substituents is 1. The fraction of sp³-hybridized carbons (Fsp3) is 0.235. The summed E-state index contributed by atoms with van der Waals surface area (Å²) >= 11 is 5.97. The lowest BCUT2D eigenvalue weighted by Gasteiger charge is -2.26. The van der Waals surface area contributed by atoms with E-state index in [-0.39, 0.29) is 17.6 Å². The third kappa shape index (κ3) is 3.65. The van der Waals surface area contributed by atoms with Crippen molar-refractivity contribution in [1.82, 2.24) is 4.90 Å². The zero-order valence-corrected chi connectivity index (χ0v) is 14.3. The van der Waals surface area contributed by atoms with Crippen LogP contribution in [-0.4, -0.2) is 29.9 Å². The minimum atomic E-state index is -0.460. The van der Waals surface area contributed by atoms with E-state index in [2.05, 4.69) is 0 Å². The summed E-state index contributed by atoms with van der Waals surface area (Å²) in [7, 11) is 3.11. The van der Waals surface area contributed by atoms with Crippen LogP contribution in [0, 0.1) is 10.1 Å². The standard InChI is InChI=1S/C17H17ClN2O4/c1-11(12-5-4-6-14(9-12)20(22)23)19(2)17(21)15-10-13(18)7-8-16(15)24-3/h4-11H,1-3H3. The van der Waals surface area contributed by atoms with Gasteiger partial charge in [0.15, 0.2) is 0 Å². The molecule has 2 rings (SSSR count). The average Bonchev–Trinajstić information content (AvgIpc) is 2.59. The van der Waals surface area contributed by atoms with E-state index in [1.807, 2.05) is 0 Å². The molecule has 24 heavy (non-hydrogen) atoms. The first-order valence-corrected chi connectivity index (χ1v) is 7.58. The van der Waals surface area contributed by atoms with E-state index >= 15 is 0 Å². The zero-order chi connectivity index (χ0) is 17.9. The fourth-order valence-corrected chi connectivity index (χ4v) is 2.51. The van der Waals surface area contributed by atoms with Crippen LogP contribution in [0.4, 0.5) is 5.69 Å². The van der Waals surface area contributed by atoms with Gasteiger partial charge in [0.25, 0.3) is 11.6 Å². The van der Waals surface area contributed by atoms with Gasteiger partial charge in [-0.3, -0.25) is 14.9 Å². The van der Waals surface area contributed by atoms with Crippen LogP contribution in [0.5, 0.6) is 5.75 Å². The van der Waals surface area contributed by atoms with Crippen molar-refractivity contribution in [2.75, 3.05) is 14.2 Å². The van der Waals surface area contributed by atoms with Gasteiger partial charge in [-0.1, -0.05) is 23.7 Å². The summed E-state index contributed by atoms with van der Waals surface area (Å²) in [5.74, 6) is 0.135. The van der Waals surface area contributed by atoms with Gasteiger partial charge in [-0.15, -0.1) is 0 Å². The highest BCUT2D eigenvalue weighted by atomic mass is 35.5. The van der Waals surface area contributed by atoms with Crippen molar-refractivity contribution in [3.8, 4) is 5.75 Å². The van der Waals surface area contributed by atoms with Crippen molar-refractivity contribution in [1.29, 1.82) is 0 Å². The number of nitro groups is 1. The molecule has 0 N–H and O–H groups in total. The molecule has 7 heteroatoms. The van der Waals surface area contributed by atoms with E-state index in [1.54, 1.807) is 44.3 Å². The van der Waals surface area contributed by atoms with Gasteiger partial charge >= 0.3 is 0 Å². The normalized spacial score (nSPS) is 11.7. The Labute approximate surface area is 144 Å². The number of non-ortho nitro benzene ring substituents is 1. The first-order chi connectivity index (χ1) is 11.3. The maximum Gasteiger partial charge on any atom is 0.269 e. The Kier molecular flexibility index (Phi) is 5.41. The molecule has 2 aromatic carbocycles. The summed E-state index contributed by atoms with van der Waals surface area (Å²) in [6.45, 7) is 1.80. The molecule has 0 radical (unpaired) electrons. The molecule has 0 aromatic heterocycles. The SMILES string of the molecule is COc1ccc(Cl)cc1C(=O)N(C)C(C)c1cccc([N+](=O)[O-])c1. The Hall–Kier alpha value is -2.60. The number of halogens is 1.